The number of halogens is 1. The van der Waals surface area contributed by atoms with E-state index in [9.17, 15) is 9.18 Å². The van der Waals surface area contributed by atoms with Crippen molar-refractivity contribution in [3.05, 3.63) is 77.3 Å². The number of aromatic nitrogens is 1. The molecule has 0 aliphatic rings. The summed E-state index contributed by atoms with van der Waals surface area (Å²) in [6, 6.07) is 15.3. The molecule has 27 heavy (non-hydrogen) atoms. The third-order valence-corrected chi connectivity index (χ3v) is 4.24. The fourth-order valence-corrected chi connectivity index (χ4v) is 2.98. The lowest BCUT2D eigenvalue weighted by molar-refractivity contribution is -0.126. The van der Waals surface area contributed by atoms with Crippen LogP contribution in [0.25, 0.3) is 11.3 Å². The first-order valence-corrected chi connectivity index (χ1v) is 8.66. The summed E-state index contributed by atoms with van der Waals surface area (Å²) in [4.78, 5) is 14.6. The average Bonchev–Trinajstić information content (AvgIpc) is 3.09. The van der Waals surface area contributed by atoms with Gasteiger partial charge in [-0.1, -0.05) is 47.1 Å². The van der Waals surface area contributed by atoms with Gasteiger partial charge in [-0.15, -0.1) is 0 Å². The average molecular weight is 367 g/mol. The Kier molecular flexibility index (Phi) is 5.66. The molecule has 0 saturated heterocycles. The highest BCUT2D eigenvalue weighted by Crippen LogP contribution is 2.21. The number of hydrogen-bond acceptors (Lipinski definition) is 4. The molecule has 0 saturated carbocycles. The van der Waals surface area contributed by atoms with Crippen LogP contribution in [0.3, 0.4) is 0 Å². The van der Waals surface area contributed by atoms with Crippen LogP contribution in [0.4, 0.5) is 4.39 Å². The molecule has 0 aliphatic heterocycles. The van der Waals surface area contributed by atoms with Gasteiger partial charge in [-0.25, -0.2) is 4.39 Å². The van der Waals surface area contributed by atoms with Gasteiger partial charge in [0.15, 0.2) is 5.76 Å². The SMILES string of the molecule is Cc1cccc([C@@H](C(=O)NCc2cc(-c3cccc(F)c3)no2)N(C)C)c1. The molecule has 140 valence electrons. The lowest BCUT2D eigenvalue weighted by Gasteiger charge is -2.24. The maximum Gasteiger partial charge on any atom is 0.242 e. The molecular weight excluding hydrogens is 345 g/mol. The summed E-state index contributed by atoms with van der Waals surface area (Å²) in [7, 11) is 3.73. The van der Waals surface area contributed by atoms with E-state index >= 15 is 0 Å². The molecule has 3 rings (SSSR count). The molecule has 0 spiro atoms. The van der Waals surface area contributed by atoms with E-state index in [1.807, 2.05) is 50.2 Å². The number of hydrogen-bond donors (Lipinski definition) is 1. The Morgan fingerprint density at radius 3 is 2.67 bits per heavy atom. The molecule has 1 N–H and O–H groups in total. The second-order valence-corrected chi connectivity index (χ2v) is 6.69. The van der Waals surface area contributed by atoms with Crippen molar-refractivity contribution in [2.45, 2.75) is 19.5 Å². The smallest absolute Gasteiger partial charge is 0.242 e. The number of aryl methyl sites for hydroxylation is 1. The molecule has 0 bridgehead atoms. The van der Waals surface area contributed by atoms with Crippen LogP contribution in [-0.4, -0.2) is 30.1 Å². The van der Waals surface area contributed by atoms with Crippen LogP contribution in [0.2, 0.25) is 0 Å². The van der Waals surface area contributed by atoms with Gasteiger partial charge >= 0.3 is 0 Å². The van der Waals surface area contributed by atoms with Crippen LogP contribution >= 0.6 is 0 Å². The van der Waals surface area contributed by atoms with Gasteiger partial charge in [0.1, 0.15) is 17.6 Å². The monoisotopic (exact) mass is 367 g/mol. The highest BCUT2D eigenvalue weighted by molar-refractivity contribution is 5.83. The van der Waals surface area contributed by atoms with Crippen LogP contribution in [-0.2, 0) is 11.3 Å². The number of carbonyl (C=O) groups is 1. The normalized spacial score (nSPS) is 12.2. The molecule has 0 radical (unpaired) electrons. The van der Waals surface area contributed by atoms with Crippen molar-refractivity contribution in [1.29, 1.82) is 0 Å². The Morgan fingerprint density at radius 2 is 1.96 bits per heavy atom. The zero-order valence-electron chi connectivity index (χ0n) is 15.6. The van der Waals surface area contributed by atoms with Crippen molar-refractivity contribution < 1.29 is 13.7 Å². The molecule has 0 unspecified atom stereocenters. The van der Waals surface area contributed by atoms with E-state index in [-0.39, 0.29) is 18.3 Å². The minimum absolute atomic E-state index is 0.130. The summed E-state index contributed by atoms with van der Waals surface area (Å²) < 4.78 is 18.6. The van der Waals surface area contributed by atoms with Crippen molar-refractivity contribution >= 4 is 5.91 Å². The van der Waals surface area contributed by atoms with Crippen molar-refractivity contribution in [3.8, 4) is 11.3 Å². The Labute approximate surface area is 157 Å². The van der Waals surface area contributed by atoms with E-state index in [4.69, 9.17) is 4.52 Å². The van der Waals surface area contributed by atoms with Crippen molar-refractivity contribution in [1.82, 2.24) is 15.4 Å². The van der Waals surface area contributed by atoms with Crippen molar-refractivity contribution in [3.63, 3.8) is 0 Å². The predicted octanol–water partition coefficient (Wildman–Crippen LogP) is 3.71. The maximum atomic E-state index is 13.3. The molecule has 6 heteroatoms. The number of nitrogens with zero attached hydrogens (tertiary/aromatic N) is 2. The molecule has 2 aromatic carbocycles. The van der Waals surface area contributed by atoms with Crippen molar-refractivity contribution in [2.75, 3.05) is 14.1 Å². The zero-order valence-corrected chi connectivity index (χ0v) is 15.6. The summed E-state index contributed by atoms with van der Waals surface area (Å²) in [6.07, 6.45) is 0. The fourth-order valence-electron chi connectivity index (χ4n) is 2.98. The Balaban J connectivity index is 1.69. The quantitative estimate of drug-likeness (QED) is 0.722. The first-order chi connectivity index (χ1) is 12.9. The largest absolute Gasteiger partial charge is 0.359 e. The van der Waals surface area contributed by atoms with Crippen LogP contribution in [0, 0.1) is 12.7 Å². The van der Waals surface area contributed by atoms with Gasteiger partial charge in [-0.2, -0.15) is 0 Å². The molecule has 1 aromatic heterocycles. The van der Waals surface area contributed by atoms with Gasteiger partial charge in [-0.3, -0.25) is 9.69 Å². The van der Waals surface area contributed by atoms with E-state index < -0.39 is 6.04 Å². The lowest BCUT2D eigenvalue weighted by Crippen LogP contribution is -2.36. The first-order valence-electron chi connectivity index (χ1n) is 8.66. The van der Waals surface area contributed by atoms with Crippen LogP contribution in [0.15, 0.2) is 59.1 Å². The summed E-state index contributed by atoms with van der Waals surface area (Å²) in [5, 5.41) is 6.84. The van der Waals surface area contributed by atoms with Gasteiger partial charge in [0.2, 0.25) is 5.91 Å². The fraction of sp³-hybridized carbons (Fsp3) is 0.238. The Hall–Kier alpha value is -2.99. The third kappa shape index (κ3) is 4.60. The van der Waals surface area contributed by atoms with Gasteiger partial charge in [0.25, 0.3) is 0 Å². The Bertz CT molecular complexity index is 936. The van der Waals surface area contributed by atoms with Crippen LogP contribution in [0.1, 0.15) is 22.9 Å². The summed E-state index contributed by atoms with van der Waals surface area (Å²) in [6.45, 7) is 2.20. The van der Waals surface area contributed by atoms with Gasteiger partial charge < -0.3 is 9.84 Å². The standard InChI is InChI=1S/C21H22FN3O2/c1-14-6-4-8-16(10-14)20(25(2)3)21(26)23-13-18-12-19(24-27-18)15-7-5-9-17(22)11-15/h4-12,20H,13H2,1-3H3,(H,23,26)/t20-/m0/s1. The van der Waals surface area contributed by atoms with E-state index in [0.29, 0.717) is 17.0 Å². The summed E-state index contributed by atoms with van der Waals surface area (Å²) >= 11 is 0. The molecule has 5 nitrogen and oxygen atoms in total. The number of benzene rings is 2. The topological polar surface area (TPSA) is 58.4 Å². The lowest BCUT2D eigenvalue weighted by atomic mass is 10.0. The van der Waals surface area contributed by atoms with Gasteiger partial charge in [0, 0.05) is 11.6 Å². The zero-order chi connectivity index (χ0) is 19.4. The van der Waals surface area contributed by atoms with E-state index in [1.165, 1.54) is 12.1 Å². The van der Waals surface area contributed by atoms with Crippen molar-refractivity contribution in [2.24, 2.45) is 0 Å². The number of nitrogens with one attached hydrogen (secondary N) is 1. The van der Waals surface area contributed by atoms with E-state index in [1.54, 1.807) is 18.2 Å². The minimum atomic E-state index is -0.407. The highest BCUT2D eigenvalue weighted by atomic mass is 19.1. The van der Waals surface area contributed by atoms with E-state index in [2.05, 4.69) is 10.5 Å². The predicted molar refractivity (Wildman–Crippen MR) is 101 cm³/mol. The number of rotatable bonds is 6. The number of amides is 1. The number of likely N-dealkylation sites (N-methyl/N-ethyl adjacent to an activating group) is 1. The molecular formula is C21H22FN3O2. The molecule has 3 aromatic rings. The third-order valence-electron chi connectivity index (χ3n) is 4.24. The second kappa shape index (κ2) is 8.14. The van der Waals surface area contributed by atoms with E-state index in [0.717, 1.165) is 11.1 Å². The molecule has 0 fully saturated rings. The highest BCUT2D eigenvalue weighted by Gasteiger charge is 2.23. The summed E-state index contributed by atoms with van der Waals surface area (Å²) in [5.74, 6) is 0.0380. The first kappa shape index (κ1) is 18.8. The molecule has 1 atom stereocenters. The van der Waals surface area contributed by atoms with Gasteiger partial charge in [0.05, 0.1) is 6.54 Å². The van der Waals surface area contributed by atoms with Crippen LogP contribution < -0.4 is 5.32 Å². The maximum absolute atomic E-state index is 13.3. The molecule has 1 amide bonds. The Morgan fingerprint density at radius 1 is 1.19 bits per heavy atom. The minimum Gasteiger partial charge on any atom is -0.359 e. The number of carbonyl (C=O) groups excluding carboxylic acids is 1. The molecule has 1 heterocycles. The summed E-state index contributed by atoms with van der Waals surface area (Å²) in [5.41, 5.74) is 3.18. The molecule has 0 aliphatic carbocycles. The van der Waals surface area contributed by atoms with Gasteiger partial charge in [-0.05, 0) is 38.7 Å². The second-order valence-electron chi connectivity index (χ2n) is 6.69. The van der Waals surface area contributed by atoms with Crippen LogP contribution in [0.5, 0.6) is 0 Å².